The topological polar surface area (TPSA) is 66.7 Å². The summed E-state index contributed by atoms with van der Waals surface area (Å²) in [5, 5.41) is 3.62. The van der Waals surface area contributed by atoms with E-state index in [2.05, 4.69) is 15.3 Å². The van der Waals surface area contributed by atoms with Crippen molar-refractivity contribution in [3.05, 3.63) is 18.2 Å². The van der Waals surface area contributed by atoms with Gasteiger partial charge < -0.3 is 16.0 Å². The third-order valence-electron chi connectivity index (χ3n) is 3.51. The van der Waals surface area contributed by atoms with Crippen LogP contribution in [0.1, 0.15) is 31.5 Å². The number of nitrogens with one attached hydrogen (secondary N) is 2. The standard InChI is InChI=1S/C12H22N4/c13-9-10-3-1-4-11(10)14-6-2-5-12-15-7-8-16-12/h7-8,10-11,14H,1-6,9,13H2,(H,15,16). The molecule has 0 spiro atoms. The number of nitrogens with zero attached hydrogens (tertiary/aromatic N) is 1. The van der Waals surface area contributed by atoms with Crippen LogP contribution in [0.3, 0.4) is 0 Å². The molecule has 0 radical (unpaired) electrons. The molecule has 90 valence electrons. The van der Waals surface area contributed by atoms with E-state index in [1.807, 2.05) is 12.4 Å². The Morgan fingerprint density at radius 3 is 3.19 bits per heavy atom. The van der Waals surface area contributed by atoms with Gasteiger partial charge in [0.05, 0.1) is 0 Å². The number of hydrogen-bond acceptors (Lipinski definition) is 3. The fraction of sp³-hybridized carbons (Fsp3) is 0.750. The van der Waals surface area contributed by atoms with Gasteiger partial charge in [-0.25, -0.2) is 4.98 Å². The number of aromatic amines is 1. The highest BCUT2D eigenvalue weighted by atomic mass is 14.9. The van der Waals surface area contributed by atoms with E-state index in [0.29, 0.717) is 12.0 Å². The molecule has 4 heteroatoms. The fourth-order valence-electron chi connectivity index (χ4n) is 2.57. The van der Waals surface area contributed by atoms with Gasteiger partial charge in [-0.05, 0) is 38.3 Å². The smallest absolute Gasteiger partial charge is 0.106 e. The Morgan fingerprint density at radius 1 is 1.50 bits per heavy atom. The lowest BCUT2D eigenvalue weighted by molar-refractivity contribution is 0.405. The van der Waals surface area contributed by atoms with Crippen LogP contribution in [0.5, 0.6) is 0 Å². The van der Waals surface area contributed by atoms with Crippen molar-refractivity contribution < 1.29 is 0 Å². The van der Waals surface area contributed by atoms with Crippen molar-refractivity contribution in [1.82, 2.24) is 15.3 Å². The monoisotopic (exact) mass is 222 g/mol. The van der Waals surface area contributed by atoms with Crippen LogP contribution in [0, 0.1) is 5.92 Å². The lowest BCUT2D eigenvalue weighted by Gasteiger charge is -2.19. The molecule has 16 heavy (non-hydrogen) atoms. The molecule has 4 nitrogen and oxygen atoms in total. The van der Waals surface area contributed by atoms with Crippen molar-refractivity contribution >= 4 is 0 Å². The van der Waals surface area contributed by atoms with E-state index in [4.69, 9.17) is 5.73 Å². The molecule has 1 saturated carbocycles. The second kappa shape index (κ2) is 6.01. The van der Waals surface area contributed by atoms with Gasteiger partial charge in [0.1, 0.15) is 5.82 Å². The second-order valence-electron chi connectivity index (χ2n) is 4.63. The first-order valence-electron chi connectivity index (χ1n) is 6.32. The summed E-state index contributed by atoms with van der Waals surface area (Å²) < 4.78 is 0. The van der Waals surface area contributed by atoms with E-state index in [9.17, 15) is 0 Å². The maximum Gasteiger partial charge on any atom is 0.106 e. The van der Waals surface area contributed by atoms with Crippen LogP contribution < -0.4 is 11.1 Å². The van der Waals surface area contributed by atoms with E-state index in [1.165, 1.54) is 19.3 Å². The summed E-state index contributed by atoms with van der Waals surface area (Å²) in [5.74, 6) is 1.78. The van der Waals surface area contributed by atoms with Gasteiger partial charge in [-0.1, -0.05) is 6.42 Å². The van der Waals surface area contributed by atoms with Gasteiger partial charge in [0.15, 0.2) is 0 Å². The third-order valence-corrected chi connectivity index (χ3v) is 3.51. The molecule has 1 aliphatic rings. The van der Waals surface area contributed by atoms with Crippen LogP contribution in [0.2, 0.25) is 0 Å². The van der Waals surface area contributed by atoms with E-state index in [1.54, 1.807) is 0 Å². The lowest BCUT2D eigenvalue weighted by atomic mass is 10.0. The zero-order valence-electron chi connectivity index (χ0n) is 9.78. The van der Waals surface area contributed by atoms with Gasteiger partial charge in [-0.15, -0.1) is 0 Å². The van der Waals surface area contributed by atoms with Crippen LogP contribution in [0.15, 0.2) is 12.4 Å². The molecule has 2 atom stereocenters. The molecule has 2 unspecified atom stereocenters. The highest BCUT2D eigenvalue weighted by Gasteiger charge is 2.24. The van der Waals surface area contributed by atoms with Crippen LogP contribution in [0.4, 0.5) is 0 Å². The zero-order chi connectivity index (χ0) is 11.2. The molecule has 4 N–H and O–H groups in total. The molecule has 0 saturated heterocycles. The number of aromatic nitrogens is 2. The maximum absolute atomic E-state index is 5.75. The highest BCUT2D eigenvalue weighted by Crippen LogP contribution is 2.24. The summed E-state index contributed by atoms with van der Waals surface area (Å²) in [4.78, 5) is 7.34. The van der Waals surface area contributed by atoms with Crippen LogP contribution >= 0.6 is 0 Å². The average molecular weight is 222 g/mol. The Hall–Kier alpha value is -0.870. The Bertz CT molecular complexity index is 283. The normalized spacial score (nSPS) is 25.1. The molecular weight excluding hydrogens is 200 g/mol. The number of imidazole rings is 1. The molecule has 1 fully saturated rings. The van der Waals surface area contributed by atoms with Crippen molar-refractivity contribution in [2.24, 2.45) is 11.7 Å². The van der Waals surface area contributed by atoms with Gasteiger partial charge in [-0.2, -0.15) is 0 Å². The molecular formula is C12H22N4. The first-order chi connectivity index (χ1) is 7.90. The Balaban J connectivity index is 1.61. The minimum atomic E-state index is 0.654. The van der Waals surface area contributed by atoms with Gasteiger partial charge >= 0.3 is 0 Å². The number of rotatable bonds is 6. The first-order valence-corrected chi connectivity index (χ1v) is 6.32. The molecule has 1 heterocycles. The van der Waals surface area contributed by atoms with E-state index >= 15 is 0 Å². The SMILES string of the molecule is NCC1CCCC1NCCCc1ncc[nH]1. The zero-order valence-corrected chi connectivity index (χ0v) is 9.78. The number of nitrogens with two attached hydrogens (primary N) is 1. The quantitative estimate of drug-likeness (QED) is 0.630. The predicted molar refractivity (Wildman–Crippen MR) is 65.1 cm³/mol. The molecule has 0 bridgehead atoms. The molecule has 1 aromatic rings. The maximum atomic E-state index is 5.75. The second-order valence-corrected chi connectivity index (χ2v) is 4.63. The summed E-state index contributed by atoms with van der Waals surface area (Å²) in [6.07, 6.45) is 9.78. The number of aryl methyl sites for hydroxylation is 1. The van der Waals surface area contributed by atoms with Crippen LogP contribution in [-0.4, -0.2) is 29.1 Å². The summed E-state index contributed by atoms with van der Waals surface area (Å²) in [6, 6.07) is 0.654. The largest absolute Gasteiger partial charge is 0.349 e. The molecule has 1 aromatic heterocycles. The van der Waals surface area contributed by atoms with Crippen LogP contribution in [-0.2, 0) is 6.42 Å². The summed E-state index contributed by atoms with van der Waals surface area (Å²) >= 11 is 0. The molecule has 0 amide bonds. The van der Waals surface area contributed by atoms with Crippen molar-refractivity contribution in [2.45, 2.75) is 38.1 Å². The summed E-state index contributed by atoms with van der Waals surface area (Å²) in [6.45, 7) is 1.90. The van der Waals surface area contributed by atoms with E-state index in [-0.39, 0.29) is 0 Å². The van der Waals surface area contributed by atoms with Gasteiger partial charge in [0.25, 0.3) is 0 Å². The lowest BCUT2D eigenvalue weighted by Crippen LogP contribution is -2.36. The van der Waals surface area contributed by atoms with Crippen molar-refractivity contribution in [1.29, 1.82) is 0 Å². The van der Waals surface area contributed by atoms with E-state index in [0.717, 1.165) is 31.8 Å². The van der Waals surface area contributed by atoms with Crippen LogP contribution in [0.25, 0.3) is 0 Å². The van der Waals surface area contributed by atoms with Gasteiger partial charge in [0, 0.05) is 24.9 Å². The molecule has 1 aliphatic carbocycles. The molecule has 2 rings (SSSR count). The van der Waals surface area contributed by atoms with Gasteiger partial charge in [0.2, 0.25) is 0 Å². The number of H-pyrrole nitrogens is 1. The molecule has 0 aromatic carbocycles. The Kier molecular flexibility index (Phi) is 4.36. The van der Waals surface area contributed by atoms with Gasteiger partial charge in [-0.3, -0.25) is 0 Å². The van der Waals surface area contributed by atoms with E-state index < -0.39 is 0 Å². The average Bonchev–Trinajstić information content (AvgIpc) is 2.95. The Labute approximate surface area is 97.0 Å². The summed E-state index contributed by atoms with van der Waals surface area (Å²) in [5.41, 5.74) is 5.75. The highest BCUT2D eigenvalue weighted by molar-refractivity contribution is 4.88. The third kappa shape index (κ3) is 3.06. The first kappa shape index (κ1) is 11.6. The minimum Gasteiger partial charge on any atom is -0.349 e. The van der Waals surface area contributed by atoms with Crippen molar-refractivity contribution in [3.63, 3.8) is 0 Å². The van der Waals surface area contributed by atoms with Crippen molar-refractivity contribution in [2.75, 3.05) is 13.1 Å². The predicted octanol–water partition coefficient (Wildman–Crippen LogP) is 1.06. The fourth-order valence-corrected chi connectivity index (χ4v) is 2.57. The molecule has 0 aliphatic heterocycles. The Morgan fingerprint density at radius 2 is 2.44 bits per heavy atom. The summed E-state index contributed by atoms with van der Waals surface area (Å²) in [7, 11) is 0. The van der Waals surface area contributed by atoms with Crippen molar-refractivity contribution in [3.8, 4) is 0 Å². The minimum absolute atomic E-state index is 0.654. The number of hydrogen-bond donors (Lipinski definition) is 3.